The second-order valence-electron chi connectivity index (χ2n) is 7.46. The highest BCUT2D eigenvalue weighted by molar-refractivity contribution is 5.89. The number of methoxy groups -OCH3 is 2. The molecule has 0 bridgehead atoms. The summed E-state index contributed by atoms with van der Waals surface area (Å²) in [5, 5.41) is 3.86. The summed E-state index contributed by atoms with van der Waals surface area (Å²) in [5.74, 6) is 0.749. The molecular weight excluding hydrogens is 358 g/mol. The van der Waals surface area contributed by atoms with Crippen molar-refractivity contribution in [3.05, 3.63) is 33.7 Å². The third-order valence-electron chi connectivity index (χ3n) is 5.61. The van der Waals surface area contributed by atoms with Crippen LogP contribution in [0, 0.1) is 6.92 Å². The molecule has 3 rings (SSSR count). The van der Waals surface area contributed by atoms with E-state index in [0.29, 0.717) is 22.6 Å². The Labute approximate surface area is 165 Å². The van der Waals surface area contributed by atoms with E-state index in [1.165, 1.54) is 33.5 Å². The minimum absolute atomic E-state index is 0.0228. The molecule has 1 N–H and O–H groups in total. The van der Waals surface area contributed by atoms with Gasteiger partial charge in [0.1, 0.15) is 0 Å². The average Bonchev–Trinajstić information content (AvgIpc) is 2.66. The van der Waals surface area contributed by atoms with Crippen molar-refractivity contribution in [3.8, 4) is 11.5 Å². The summed E-state index contributed by atoms with van der Waals surface area (Å²) in [6.45, 7) is 1.84. The van der Waals surface area contributed by atoms with E-state index in [1.807, 2.05) is 13.0 Å². The monoisotopic (exact) mass is 387 g/mol. The number of hydrogen-bond donors (Lipinski definition) is 1. The van der Waals surface area contributed by atoms with Crippen LogP contribution in [-0.2, 0) is 11.2 Å². The largest absolute Gasteiger partial charge is 0.493 e. The third-order valence-corrected chi connectivity index (χ3v) is 5.61. The van der Waals surface area contributed by atoms with Crippen LogP contribution < -0.4 is 20.4 Å². The number of fused-ring (bicyclic) bond motifs is 1. The Balaban J connectivity index is 1.84. The van der Waals surface area contributed by atoms with Crippen molar-refractivity contribution in [2.45, 2.75) is 64.3 Å². The summed E-state index contributed by atoms with van der Waals surface area (Å²) in [6.07, 6.45) is 8.06. The molecule has 2 aromatic rings. The number of carbonyl (C=O) groups excluding carboxylic acids is 1. The summed E-state index contributed by atoms with van der Waals surface area (Å²) < 4.78 is 16.2. The number of nitrogens with one attached hydrogen (secondary N) is 1. The van der Waals surface area contributed by atoms with Crippen LogP contribution in [0.5, 0.6) is 11.5 Å². The first-order valence-corrected chi connectivity index (χ1v) is 10.0. The average molecular weight is 387 g/mol. The summed E-state index contributed by atoms with van der Waals surface area (Å²) in [5.41, 5.74) is 0.959. The normalized spacial score (nSPS) is 15.7. The van der Waals surface area contributed by atoms with E-state index >= 15 is 0 Å². The van der Waals surface area contributed by atoms with Gasteiger partial charge in [-0.1, -0.05) is 32.1 Å². The fourth-order valence-electron chi connectivity index (χ4n) is 4.01. The lowest BCUT2D eigenvalue weighted by molar-refractivity contribution is -0.121. The van der Waals surface area contributed by atoms with Gasteiger partial charge in [-0.15, -0.1) is 0 Å². The Morgan fingerprint density at radius 3 is 2.43 bits per heavy atom. The summed E-state index contributed by atoms with van der Waals surface area (Å²) in [7, 11) is 3.03. The van der Waals surface area contributed by atoms with Gasteiger partial charge in [-0.3, -0.25) is 4.79 Å². The van der Waals surface area contributed by atoms with Gasteiger partial charge in [-0.2, -0.15) is 0 Å². The van der Waals surface area contributed by atoms with Gasteiger partial charge in [0.05, 0.1) is 26.2 Å². The van der Waals surface area contributed by atoms with E-state index < -0.39 is 5.63 Å². The molecule has 1 heterocycles. The molecule has 0 spiro atoms. The molecule has 0 unspecified atom stereocenters. The van der Waals surface area contributed by atoms with Gasteiger partial charge in [0, 0.05) is 11.4 Å². The fourth-order valence-corrected chi connectivity index (χ4v) is 4.01. The quantitative estimate of drug-likeness (QED) is 0.788. The molecule has 6 heteroatoms. The van der Waals surface area contributed by atoms with E-state index in [9.17, 15) is 9.59 Å². The summed E-state index contributed by atoms with van der Waals surface area (Å²) >= 11 is 0. The molecule has 0 atom stereocenters. The lowest BCUT2D eigenvalue weighted by atomic mass is 9.96. The number of rotatable bonds is 5. The van der Waals surface area contributed by atoms with Crippen LogP contribution in [-0.4, -0.2) is 26.2 Å². The second-order valence-corrected chi connectivity index (χ2v) is 7.46. The van der Waals surface area contributed by atoms with E-state index in [4.69, 9.17) is 13.9 Å². The van der Waals surface area contributed by atoms with E-state index in [0.717, 1.165) is 36.6 Å². The Hall–Kier alpha value is -2.50. The molecule has 1 aliphatic rings. The number of amides is 1. The van der Waals surface area contributed by atoms with Crippen LogP contribution >= 0.6 is 0 Å². The minimum Gasteiger partial charge on any atom is -0.493 e. The molecule has 152 valence electrons. The van der Waals surface area contributed by atoms with Crippen LogP contribution in [0.3, 0.4) is 0 Å². The van der Waals surface area contributed by atoms with Crippen molar-refractivity contribution in [2.24, 2.45) is 0 Å². The van der Waals surface area contributed by atoms with Crippen molar-refractivity contribution in [1.29, 1.82) is 0 Å². The van der Waals surface area contributed by atoms with Gasteiger partial charge in [-0.05, 0) is 37.5 Å². The van der Waals surface area contributed by atoms with Crippen molar-refractivity contribution in [3.63, 3.8) is 0 Å². The fraction of sp³-hybridized carbons (Fsp3) is 0.545. The van der Waals surface area contributed by atoms with Gasteiger partial charge in [-0.25, -0.2) is 4.79 Å². The zero-order valence-electron chi connectivity index (χ0n) is 16.9. The summed E-state index contributed by atoms with van der Waals surface area (Å²) in [4.78, 5) is 25.2. The molecule has 0 radical (unpaired) electrons. The molecule has 1 aromatic heterocycles. The molecular formula is C22H29NO5. The maximum Gasteiger partial charge on any atom is 0.340 e. The van der Waals surface area contributed by atoms with Crippen LogP contribution in [0.1, 0.15) is 56.1 Å². The Bertz CT molecular complexity index is 894. The standard InChI is InChI=1S/C22H29NO5/c1-14-16-11-12-18(26-2)21(27-3)20(16)28-22(25)17(14)13-19(24)23-15-9-7-5-4-6-8-10-15/h11-12,15H,4-10,13H2,1-3H3,(H,23,24). The highest BCUT2D eigenvalue weighted by Crippen LogP contribution is 2.36. The van der Waals surface area contributed by atoms with E-state index in [1.54, 1.807) is 6.07 Å². The van der Waals surface area contributed by atoms with Crippen molar-refractivity contribution in [2.75, 3.05) is 14.2 Å². The Morgan fingerprint density at radius 1 is 1.11 bits per heavy atom. The zero-order valence-corrected chi connectivity index (χ0v) is 16.9. The lowest BCUT2D eigenvalue weighted by Gasteiger charge is -2.21. The van der Waals surface area contributed by atoms with Crippen LogP contribution in [0.25, 0.3) is 11.0 Å². The predicted molar refractivity (Wildman–Crippen MR) is 108 cm³/mol. The topological polar surface area (TPSA) is 77.8 Å². The molecule has 1 amide bonds. The molecule has 6 nitrogen and oxygen atoms in total. The predicted octanol–water partition coefficient (Wildman–Crippen LogP) is 3.89. The first kappa shape index (κ1) is 20.2. The maximum absolute atomic E-state index is 12.6. The van der Waals surface area contributed by atoms with Gasteiger partial charge < -0.3 is 19.2 Å². The van der Waals surface area contributed by atoms with E-state index in [2.05, 4.69) is 5.32 Å². The Morgan fingerprint density at radius 2 is 1.79 bits per heavy atom. The molecule has 0 saturated heterocycles. The number of carbonyl (C=O) groups is 1. The van der Waals surface area contributed by atoms with Crippen LogP contribution in [0.2, 0.25) is 0 Å². The maximum atomic E-state index is 12.6. The number of hydrogen-bond acceptors (Lipinski definition) is 5. The van der Waals surface area contributed by atoms with Crippen LogP contribution in [0.15, 0.2) is 21.3 Å². The number of ether oxygens (including phenoxy) is 2. The molecule has 1 fully saturated rings. The lowest BCUT2D eigenvalue weighted by Crippen LogP contribution is -2.37. The summed E-state index contributed by atoms with van der Waals surface area (Å²) in [6, 6.07) is 3.79. The van der Waals surface area contributed by atoms with E-state index in [-0.39, 0.29) is 18.4 Å². The SMILES string of the molecule is COc1ccc2c(C)c(CC(=O)NC3CCCCCCC3)c(=O)oc2c1OC. The molecule has 28 heavy (non-hydrogen) atoms. The van der Waals surface area contributed by atoms with Gasteiger partial charge in [0.2, 0.25) is 11.7 Å². The third kappa shape index (κ3) is 4.32. The first-order valence-electron chi connectivity index (χ1n) is 10.0. The second kappa shape index (κ2) is 9.13. The molecule has 1 aromatic carbocycles. The zero-order chi connectivity index (χ0) is 20.1. The minimum atomic E-state index is -0.510. The van der Waals surface area contributed by atoms with Gasteiger partial charge in [0.25, 0.3) is 0 Å². The Kier molecular flexibility index (Phi) is 6.60. The first-order chi connectivity index (χ1) is 13.5. The van der Waals surface area contributed by atoms with Gasteiger partial charge in [0.15, 0.2) is 11.3 Å². The number of aryl methyl sites for hydroxylation is 1. The highest BCUT2D eigenvalue weighted by Gasteiger charge is 2.21. The van der Waals surface area contributed by atoms with Crippen molar-refractivity contribution >= 4 is 16.9 Å². The van der Waals surface area contributed by atoms with Crippen LogP contribution in [0.4, 0.5) is 0 Å². The van der Waals surface area contributed by atoms with Crippen molar-refractivity contribution in [1.82, 2.24) is 5.32 Å². The van der Waals surface area contributed by atoms with Gasteiger partial charge >= 0.3 is 5.63 Å². The number of benzene rings is 1. The smallest absolute Gasteiger partial charge is 0.340 e. The molecule has 1 aliphatic carbocycles. The highest BCUT2D eigenvalue weighted by atomic mass is 16.5. The van der Waals surface area contributed by atoms with Crippen molar-refractivity contribution < 1.29 is 18.7 Å². The molecule has 0 aliphatic heterocycles. The molecule has 1 saturated carbocycles.